The minimum Gasteiger partial charge on any atom is -0.491 e. The Bertz CT molecular complexity index is 1440. The van der Waals surface area contributed by atoms with Crippen molar-refractivity contribution in [2.24, 2.45) is 12.1 Å². The number of ether oxygens (including phenoxy) is 1. The van der Waals surface area contributed by atoms with Gasteiger partial charge >= 0.3 is 5.69 Å². The molecule has 3 N–H and O–H groups in total. The summed E-state index contributed by atoms with van der Waals surface area (Å²) in [6, 6.07) is 12.3. The number of nitrogens with one attached hydrogen (secondary N) is 2. The van der Waals surface area contributed by atoms with Crippen LogP contribution < -0.4 is 21.4 Å². The van der Waals surface area contributed by atoms with Gasteiger partial charge < -0.3 is 14.4 Å². The van der Waals surface area contributed by atoms with Gasteiger partial charge in [-0.15, -0.1) is 0 Å². The maximum absolute atomic E-state index is 13.1. The molecule has 1 atom stereocenters. The molecule has 12 heteroatoms. The van der Waals surface area contributed by atoms with Crippen molar-refractivity contribution in [1.29, 1.82) is 0 Å². The third kappa shape index (κ3) is 5.16. The van der Waals surface area contributed by atoms with E-state index in [-0.39, 0.29) is 36.1 Å². The second-order valence-electron chi connectivity index (χ2n) is 7.38. The fourth-order valence-electron chi connectivity index (χ4n) is 3.20. The molecule has 176 valence electrons. The highest BCUT2D eigenvalue weighted by Crippen LogP contribution is 2.18. The Morgan fingerprint density at radius 2 is 1.94 bits per heavy atom. The molecule has 0 saturated carbocycles. The Labute approximate surface area is 196 Å². The zero-order valence-corrected chi connectivity index (χ0v) is 18.7. The Balaban J connectivity index is 1.60. The number of aliphatic hydroxyl groups is 1. The van der Waals surface area contributed by atoms with Crippen LogP contribution in [0.2, 0.25) is 5.02 Å². The number of aryl methyl sites for hydroxylation is 1. The lowest BCUT2D eigenvalue weighted by Gasteiger charge is -2.15. The summed E-state index contributed by atoms with van der Waals surface area (Å²) in [7, 11) is 1.46. The Morgan fingerprint density at radius 3 is 2.65 bits per heavy atom. The van der Waals surface area contributed by atoms with Crippen molar-refractivity contribution in [1.82, 2.24) is 19.1 Å². The van der Waals surface area contributed by atoms with Gasteiger partial charge in [-0.05, 0) is 42.0 Å². The summed E-state index contributed by atoms with van der Waals surface area (Å²) in [6.07, 6.45) is 0.401. The van der Waals surface area contributed by atoms with E-state index in [2.05, 4.69) is 20.5 Å². The van der Waals surface area contributed by atoms with E-state index < -0.39 is 17.4 Å². The number of rotatable bonds is 8. The Hall–Kier alpha value is -3.96. The molecule has 0 saturated heterocycles. The van der Waals surface area contributed by atoms with Gasteiger partial charge in [0, 0.05) is 12.1 Å². The zero-order chi connectivity index (χ0) is 24.2. The van der Waals surface area contributed by atoms with Crippen molar-refractivity contribution in [2.75, 3.05) is 12.0 Å². The number of aliphatic hydroxyl groups excluding tert-OH is 1. The van der Waals surface area contributed by atoms with Crippen LogP contribution in [0.4, 0.5) is 10.3 Å². The summed E-state index contributed by atoms with van der Waals surface area (Å²) in [5, 5.41) is 15.2. The van der Waals surface area contributed by atoms with E-state index in [0.29, 0.717) is 16.3 Å². The number of aromatic amines is 1. The second kappa shape index (κ2) is 9.89. The van der Waals surface area contributed by atoms with Gasteiger partial charge in [0.25, 0.3) is 5.56 Å². The van der Waals surface area contributed by atoms with E-state index in [0.717, 1.165) is 0 Å². The van der Waals surface area contributed by atoms with Crippen molar-refractivity contribution in [3.05, 3.63) is 85.8 Å². The molecule has 0 aliphatic rings. The first-order chi connectivity index (χ1) is 16.3. The quantitative estimate of drug-likeness (QED) is 0.258. The van der Waals surface area contributed by atoms with Crippen molar-refractivity contribution in [3.8, 4) is 5.75 Å². The van der Waals surface area contributed by atoms with Gasteiger partial charge in [-0.2, -0.15) is 10.1 Å². The van der Waals surface area contributed by atoms with Gasteiger partial charge in [0.15, 0.2) is 11.2 Å². The van der Waals surface area contributed by atoms with Crippen LogP contribution >= 0.6 is 11.6 Å². The molecule has 0 fully saturated rings. The molecule has 2 heterocycles. The molecule has 0 spiro atoms. The summed E-state index contributed by atoms with van der Waals surface area (Å²) < 4.78 is 21.3. The second-order valence-corrected chi connectivity index (χ2v) is 7.81. The first-order valence-electron chi connectivity index (χ1n) is 10.1. The average molecular weight is 487 g/mol. The van der Waals surface area contributed by atoms with Gasteiger partial charge in [-0.3, -0.25) is 14.3 Å². The molecular weight excluding hydrogens is 467 g/mol. The van der Waals surface area contributed by atoms with Crippen molar-refractivity contribution in [3.63, 3.8) is 0 Å². The first-order valence-corrected chi connectivity index (χ1v) is 10.5. The topological polar surface area (TPSA) is 127 Å². The molecule has 1 unspecified atom stereocenters. The highest BCUT2D eigenvalue weighted by molar-refractivity contribution is 6.30. The maximum Gasteiger partial charge on any atom is 0.329 e. The fourth-order valence-corrected chi connectivity index (χ4v) is 3.32. The number of H-pyrrole nitrogens is 1. The van der Waals surface area contributed by atoms with E-state index in [9.17, 15) is 19.1 Å². The van der Waals surface area contributed by atoms with E-state index in [1.54, 1.807) is 24.3 Å². The number of halogens is 2. The van der Waals surface area contributed by atoms with Gasteiger partial charge in [0.2, 0.25) is 5.95 Å². The number of fused-ring (bicyclic) bond motifs is 1. The standard InChI is InChI=1S/C22H20ClFN6O4/c1-29-19-18(20(32)27-22(29)33)30(11-16(31)12-34-17-8-4-14(23)5-9-17)21(26-19)28-25-10-13-2-6-15(24)7-3-13/h2-10,16,31H,11-12H2,1H3,(H,26,28)(H,27,32,33)/b25-10+. The smallest absolute Gasteiger partial charge is 0.329 e. The highest BCUT2D eigenvalue weighted by atomic mass is 35.5. The molecule has 34 heavy (non-hydrogen) atoms. The normalized spacial score (nSPS) is 12.4. The number of hydrogen-bond acceptors (Lipinski definition) is 7. The largest absolute Gasteiger partial charge is 0.491 e. The summed E-state index contributed by atoms with van der Waals surface area (Å²) in [6.45, 7) is -0.164. The van der Waals surface area contributed by atoms with Crippen LogP contribution in [0.25, 0.3) is 11.2 Å². The van der Waals surface area contributed by atoms with Gasteiger partial charge in [0.05, 0.1) is 12.8 Å². The molecule has 0 bridgehead atoms. The SMILES string of the molecule is Cn1c(=O)[nH]c(=O)c2c1nc(N/N=C/c1ccc(F)cc1)n2CC(O)COc1ccc(Cl)cc1. The van der Waals surface area contributed by atoms with E-state index in [1.165, 1.54) is 46.7 Å². The number of imidazole rings is 1. The highest BCUT2D eigenvalue weighted by Gasteiger charge is 2.20. The summed E-state index contributed by atoms with van der Waals surface area (Å²) >= 11 is 5.86. The maximum atomic E-state index is 13.1. The van der Waals surface area contributed by atoms with Crippen LogP contribution in [0.5, 0.6) is 5.75 Å². The van der Waals surface area contributed by atoms with Crippen molar-refractivity contribution < 1.29 is 14.2 Å². The number of anilines is 1. The van der Waals surface area contributed by atoms with Gasteiger partial charge in [0.1, 0.15) is 24.3 Å². The van der Waals surface area contributed by atoms with Crippen LogP contribution in [0, 0.1) is 5.82 Å². The first kappa shape index (κ1) is 23.2. The van der Waals surface area contributed by atoms with Gasteiger partial charge in [-0.1, -0.05) is 23.7 Å². The minimum atomic E-state index is -1.04. The molecule has 0 aliphatic carbocycles. The summed E-state index contributed by atoms with van der Waals surface area (Å²) in [5.74, 6) is 0.258. The molecular formula is C22H20ClFN6O4. The summed E-state index contributed by atoms with van der Waals surface area (Å²) in [4.78, 5) is 31.1. The third-order valence-electron chi connectivity index (χ3n) is 4.90. The monoisotopic (exact) mass is 486 g/mol. The molecule has 0 amide bonds. The zero-order valence-electron chi connectivity index (χ0n) is 17.9. The van der Waals surface area contributed by atoms with Crippen LogP contribution in [0.1, 0.15) is 5.56 Å². The lowest BCUT2D eigenvalue weighted by Crippen LogP contribution is -2.30. The molecule has 0 aliphatic heterocycles. The number of nitrogens with zero attached hydrogens (tertiary/aromatic N) is 4. The summed E-state index contributed by atoms with van der Waals surface area (Å²) in [5.41, 5.74) is 2.24. The number of hydrogen-bond donors (Lipinski definition) is 3. The third-order valence-corrected chi connectivity index (χ3v) is 5.16. The molecule has 10 nitrogen and oxygen atoms in total. The Morgan fingerprint density at radius 1 is 1.24 bits per heavy atom. The van der Waals surface area contributed by atoms with Crippen LogP contribution in [0.15, 0.2) is 63.2 Å². The molecule has 0 radical (unpaired) electrons. The molecule has 2 aromatic carbocycles. The Kier molecular flexibility index (Phi) is 6.75. The van der Waals surface area contributed by atoms with Crippen molar-refractivity contribution in [2.45, 2.75) is 12.6 Å². The number of benzene rings is 2. The fraction of sp³-hybridized carbons (Fsp3) is 0.182. The number of hydrazone groups is 1. The van der Waals surface area contributed by atoms with Crippen molar-refractivity contribution >= 4 is 34.9 Å². The molecule has 4 aromatic rings. The van der Waals surface area contributed by atoms with Crippen LogP contribution in [0.3, 0.4) is 0 Å². The van der Waals surface area contributed by atoms with E-state index >= 15 is 0 Å². The predicted octanol–water partition coefficient (Wildman–Crippen LogP) is 2.10. The van der Waals surface area contributed by atoms with Gasteiger partial charge in [-0.25, -0.2) is 14.6 Å². The average Bonchev–Trinajstić information content (AvgIpc) is 3.17. The van der Waals surface area contributed by atoms with Crippen LogP contribution in [-0.4, -0.2) is 43.1 Å². The minimum absolute atomic E-state index is 0.0760. The lowest BCUT2D eigenvalue weighted by atomic mass is 10.2. The molecule has 2 aromatic heterocycles. The lowest BCUT2D eigenvalue weighted by molar-refractivity contribution is 0.0938. The predicted molar refractivity (Wildman–Crippen MR) is 126 cm³/mol. The van der Waals surface area contributed by atoms with E-state index in [4.69, 9.17) is 16.3 Å². The van der Waals surface area contributed by atoms with E-state index in [1.807, 2.05) is 0 Å². The molecule has 4 rings (SSSR count). The van der Waals surface area contributed by atoms with Crippen LogP contribution in [-0.2, 0) is 13.6 Å². The number of aromatic nitrogens is 4.